The van der Waals surface area contributed by atoms with Gasteiger partial charge in [0, 0.05) is 24.4 Å². The average Bonchev–Trinajstić information content (AvgIpc) is 2.37. The summed E-state index contributed by atoms with van der Waals surface area (Å²) in [5.74, 6) is 1.39. The lowest BCUT2D eigenvalue weighted by molar-refractivity contribution is 0.602. The molecule has 0 aliphatic carbocycles. The van der Waals surface area contributed by atoms with Crippen LogP contribution in [-0.2, 0) is 9.84 Å². The highest BCUT2D eigenvalue weighted by Gasteiger charge is 2.06. The molecule has 0 amide bonds. The fourth-order valence-corrected chi connectivity index (χ4v) is 2.11. The largest absolute Gasteiger partial charge is 0.384 e. The molecule has 2 aromatic rings. The number of anilines is 2. The third-order valence-corrected chi connectivity index (χ3v) is 3.50. The van der Waals surface area contributed by atoms with Crippen molar-refractivity contribution >= 4 is 21.5 Å². The lowest BCUT2D eigenvalue weighted by atomic mass is 10.2. The molecule has 0 fully saturated rings. The number of nitrogens with two attached hydrogens (primary N) is 1. The maximum Gasteiger partial charge on any atom is 0.163 e. The number of sulfone groups is 1. The second-order valence-electron chi connectivity index (χ2n) is 4.42. The van der Waals surface area contributed by atoms with E-state index in [1.807, 2.05) is 30.3 Å². The van der Waals surface area contributed by atoms with E-state index in [0.29, 0.717) is 17.5 Å². The molecule has 3 N–H and O–H groups in total. The summed E-state index contributed by atoms with van der Waals surface area (Å²) in [7, 11) is -3.00. The van der Waals surface area contributed by atoms with Crippen LogP contribution in [0.2, 0.25) is 0 Å². The van der Waals surface area contributed by atoms with Crippen molar-refractivity contribution in [3.8, 4) is 11.4 Å². The first kappa shape index (κ1) is 14.3. The van der Waals surface area contributed by atoms with E-state index in [0.717, 1.165) is 5.56 Å². The number of aromatic nitrogens is 2. The van der Waals surface area contributed by atoms with Gasteiger partial charge >= 0.3 is 0 Å². The highest BCUT2D eigenvalue weighted by atomic mass is 32.2. The molecule has 20 heavy (non-hydrogen) atoms. The van der Waals surface area contributed by atoms with Gasteiger partial charge in [0.1, 0.15) is 21.5 Å². The molecule has 1 aromatic heterocycles. The molecule has 0 saturated carbocycles. The summed E-state index contributed by atoms with van der Waals surface area (Å²) in [6.07, 6.45) is 1.19. The Labute approximate surface area is 118 Å². The van der Waals surface area contributed by atoms with Crippen LogP contribution in [0.1, 0.15) is 0 Å². The van der Waals surface area contributed by atoms with Gasteiger partial charge in [0.05, 0.1) is 5.75 Å². The molecular weight excluding hydrogens is 276 g/mol. The zero-order chi connectivity index (χ0) is 14.6. The van der Waals surface area contributed by atoms with Crippen molar-refractivity contribution < 1.29 is 8.42 Å². The van der Waals surface area contributed by atoms with Crippen molar-refractivity contribution in [3.63, 3.8) is 0 Å². The molecule has 1 heterocycles. The van der Waals surface area contributed by atoms with Crippen molar-refractivity contribution in [3.05, 3.63) is 36.4 Å². The zero-order valence-electron chi connectivity index (χ0n) is 11.1. The van der Waals surface area contributed by atoms with Gasteiger partial charge in [-0.05, 0) is 0 Å². The second kappa shape index (κ2) is 5.87. The fraction of sp³-hybridized carbons (Fsp3) is 0.231. The molecule has 106 valence electrons. The minimum Gasteiger partial charge on any atom is -0.384 e. The lowest BCUT2D eigenvalue weighted by Gasteiger charge is -2.08. The summed E-state index contributed by atoms with van der Waals surface area (Å²) in [5, 5.41) is 2.94. The molecule has 0 aliphatic heterocycles. The number of hydrogen-bond acceptors (Lipinski definition) is 6. The number of nitrogen functional groups attached to an aromatic ring is 1. The van der Waals surface area contributed by atoms with Crippen LogP contribution >= 0.6 is 0 Å². The third kappa shape index (κ3) is 4.20. The molecule has 2 rings (SSSR count). The van der Waals surface area contributed by atoms with Crippen LogP contribution in [-0.4, -0.2) is 36.9 Å². The summed E-state index contributed by atoms with van der Waals surface area (Å²) in [5.41, 5.74) is 6.60. The Hall–Kier alpha value is -2.15. The molecule has 7 heteroatoms. The lowest BCUT2D eigenvalue weighted by Crippen LogP contribution is -2.15. The van der Waals surface area contributed by atoms with Gasteiger partial charge in [0.15, 0.2) is 5.82 Å². The molecule has 0 spiro atoms. The van der Waals surface area contributed by atoms with E-state index in [4.69, 9.17) is 5.73 Å². The van der Waals surface area contributed by atoms with Gasteiger partial charge in [0.2, 0.25) is 0 Å². The molecule has 0 radical (unpaired) electrons. The minimum atomic E-state index is -3.00. The predicted molar refractivity (Wildman–Crippen MR) is 80.1 cm³/mol. The maximum atomic E-state index is 11.1. The van der Waals surface area contributed by atoms with Crippen LogP contribution in [0, 0.1) is 0 Å². The van der Waals surface area contributed by atoms with Crippen LogP contribution in [0.25, 0.3) is 11.4 Å². The Morgan fingerprint density at radius 3 is 2.55 bits per heavy atom. The molecule has 0 saturated heterocycles. The Morgan fingerprint density at radius 1 is 1.20 bits per heavy atom. The molecule has 0 unspecified atom stereocenters. The van der Waals surface area contributed by atoms with Gasteiger partial charge in [-0.3, -0.25) is 0 Å². The predicted octanol–water partition coefficient (Wildman–Crippen LogP) is 1.18. The van der Waals surface area contributed by atoms with Crippen molar-refractivity contribution in [1.82, 2.24) is 9.97 Å². The van der Waals surface area contributed by atoms with Crippen LogP contribution in [0.15, 0.2) is 36.4 Å². The van der Waals surface area contributed by atoms with E-state index in [2.05, 4.69) is 15.3 Å². The number of hydrogen-bond donors (Lipinski definition) is 2. The Bertz CT molecular complexity index is 687. The Morgan fingerprint density at radius 2 is 1.90 bits per heavy atom. The van der Waals surface area contributed by atoms with E-state index >= 15 is 0 Å². The van der Waals surface area contributed by atoms with Crippen molar-refractivity contribution in [2.24, 2.45) is 0 Å². The monoisotopic (exact) mass is 292 g/mol. The highest BCUT2D eigenvalue weighted by Crippen LogP contribution is 2.18. The Balaban J connectivity index is 2.17. The number of rotatable bonds is 5. The van der Waals surface area contributed by atoms with E-state index < -0.39 is 9.84 Å². The molecule has 0 atom stereocenters. The topological polar surface area (TPSA) is 98.0 Å². The summed E-state index contributed by atoms with van der Waals surface area (Å²) >= 11 is 0. The standard InChI is InChI=1S/C13H16N4O2S/c1-20(18,19)8-7-15-12-9-11(14)16-13(17-12)10-5-3-2-4-6-10/h2-6,9H,7-8H2,1H3,(H3,14,15,16,17). The first-order valence-electron chi connectivity index (χ1n) is 6.05. The van der Waals surface area contributed by atoms with Crippen molar-refractivity contribution in [1.29, 1.82) is 0 Å². The molecule has 6 nitrogen and oxygen atoms in total. The van der Waals surface area contributed by atoms with Crippen molar-refractivity contribution in [2.45, 2.75) is 0 Å². The molecule has 1 aromatic carbocycles. The molecule has 0 bridgehead atoms. The van der Waals surface area contributed by atoms with Gasteiger partial charge in [-0.1, -0.05) is 30.3 Å². The third-order valence-electron chi connectivity index (χ3n) is 2.56. The summed E-state index contributed by atoms with van der Waals surface area (Å²) in [4.78, 5) is 8.50. The van der Waals surface area contributed by atoms with Gasteiger partial charge in [-0.25, -0.2) is 18.4 Å². The first-order valence-corrected chi connectivity index (χ1v) is 8.12. The molecule has 0 aliphatic rings. The highest BCUT2D eigenvalue weighted by molar-refractivity contribution is 7.90. The number of benzene rings is 1. The smallest absolute Gasteiger partial charge is 0.163 e. The number of nitrogens with one attached hydrogen (secondary N) is 1. The van der Waals surface area contributed by atoms with Gasteiger partial charge < -0.3 is 11.1 Å². The van der Waals surface area contributed by atoms with E-state index in [1.165, 1.54) is 6.26 Å². The summed E-state index contributed by atoms with van der Waals surface area (Å²) in [6, 6.07) is 11.0. The van der Waals surface area contributed by atoms with E-state index in [-0.39, 0.29) is 12.3 Å². The SMILES string of the molecule is CS(=O)(=O)CCNc1cc(N)nc(-c2ccccc2)n1. The van der Waals surface area contributed by atoms with Gasteiger partial charge in [0.25, 0.3) is 0 Å². The zero-order valence-corrected chi connectivity index (χ0v) is 11.9. The minimum absolute atomic E-state index is 0.0393. The van der Waals surface area contributed by atoms with E-state index in [9.17, 15) is 8.42 Å². The van der Waals surface area contributed by atoms with Crippen LogP contribution in [0.5, 0.6) is 0 Å². The maximum absolute atomic E-state index is 11.1. The summed E-state index contributed by atoms with van der Waals surface area (Å²) in [6.45, 7) is 0.281. The van der Waals surface area contributed by atoms with E-state index in [1.54, 1.807) is 6.07 Å². The van der Waals surface area contributed by atoms with Gasteiger partial charge in [-0.15, -0.1) is 0 Å². The average molecular weight is 292 g/mol. The van der Waals surface area contributed by atoms with Crippen LogP contribution < -0.4 is 11.1 Å². The number of nitrogens with zero attached hydrogens (tertiary/aromatic N) is 2. The van der Waals surface area contributed by atoms with Crippen LogP contribution in [0.4, 0.5) is 11.6 Å². The first-order chi connectivity index (χ1) is 9.44. The van der Waals surface area contributed by atoms with Crippen molar-refractivity contribution in [2.75, 3.05) is 29.6 Å². The molecular formula is C13H16N4O2S. The quantitative estimate of drug-likeness (QED) is 0.858. The Kier molecular flexibility index (Phi) is 4.19. The second-order valence-corrected chi connectivity index (χ2v) is 6.68. The van der Waals surface area contributed by atoms with Gasteiger partial charge in [-0.2, -0.15) is 0 Å². The normalized spacial score (nSPS) is 11.2. The summed E-state index contributed by atoms with van der Waals surface area (Å²) < 4.78 is 22.2. The fourth-order valence-electron chi connectivity index (χ4n) is 1.64. The van der Waals surface area contributed by atoms with Crippen LogP contribution in [0.3, 0.4) is 0 Å².